The van der Waals surface area contributed by atoms with Crippen molar-refractivity contribution in [3.8, 4) is 0 Å². The molecule has 0 aliphatic carbocycles. The molecule has 0 spiro atoms. The minimum absolute atomic E-state index is 0. The Balaban J connectivity index is 0.00000240. The van der Waals surface area contributed by atoms with Crippen molar-refractivity contribution in [2.45, 2.75) is 33.6 Å². The fourth-order valence-corrected chi connectivity index (χ4v) is 3.74. The summed E-state index contributed by atoms with van der Waals surface area (Å²) in [5, 5.41) is 0. The predicted octanol–water partition coefficient (Wildman–Crippen LogP) is 4.49. The molecule has 0 radical (unpaired) electrons. The van der Waals surface area contributed by atoms with Crippen LogP contribution in [0.15, 0.2) is 34.9 Å². The molecule has 0 saturated carbocycles. The minimum atomic E-state index is -0.209. The standard InChI is InChI=1S/C22H30BrN5O.2H2/c1-22(2,3)8-11-27-9-5-10-28(13-12-27)19-7-4-6-18(26-19)20(29)17-14-16(23)15-25-21(17)24;;/h4,6-7,14-15H,5,8-13H2,1-3H3,(H2,24,25);2*1H. The Hall–Kier alpha value is -1.99. The molecule has 2 aromatic rings. The van der Waals surface area contributed by atoms with Crippen LogP contribution in [0.5, 0.6) is 0 Å². The molecule has 3 heterocycles. The lowest BCUT2D eigenvalue weighted by Gasteiger charge is -2.26. The average molecular weight is 464 g/mol. The highest BCUT2D eigenvalue weighted by molar-refractivity contribution is 9.10. The summed E-state index contributed by atoms with van der Waals surface area (Å²) in [7, 11) is 0. The van der Waals surface area contributed by atoms with Crippen LogP contribution in [0, 0.1) is 5.41 Å². The van der Waals surface area contributed by atoms with Crippen LogP contribution in [0.2, 0.25) is 0 Å². The molecule has 3 rings (SSSR count). The second-order valence-electron chi connectivity index (χ2n) is 8.79. The van der Waals surface area contributed by atoms with Crippen LogP contribution in [-0.2, 0) is 0 Å². The van der Waals surface area contributed by atoms with Gasteiger partial charge in [0.2, 0.25) is 5.78 Å². The van der Waals surface area contributed by atoms with Crippen LogP contribution in [0.25, 0.3) is 0 Å². The van der Waals surface area contributed by atoms with Crippen LogP contribution in [0.1, 0.15) is 52.5 Å². The zero-order chi connectivity index (χ0) is 21.0. The van der Waals surface area contributed by atoms with E-state index in [0.29, 0.717) is 21.1 Å². The van der Waals surface area contributed by atoms with E-state index in [-0.39, 0.29) is 14.5 Å². The van der Waals surface area contributed by atoms with E-state index in [4.69, 9.17) is 5.73 Å². The first kappa shape index (κ1) is 21.7. The number of anilines is 2. The Morgan fingerprint density at radius 3 is 2.79 bits per heavy atom. The smallest absolute Gasteiger partial charge is 0.215 e. The van der Waals surface area contributed by atoms with Gasteiger partial charge >= 0.3 is 0 Å². The van der Waals surface area contributed by atoms with Gasteiger partial charge in [0.05, 0.1) is 5.56 Å². The van der Waals surface area contributed by atoms with Crippen molar-refractivity contribution in [2.75, 3.05) is 43.4 Å². The summed E-state index contributed by atoms with van der Waals surface area (Å²) in [5.41, 5.74) is 7.02. The SMILES string of the molecule is CC(C)(C)CCN1CCCN(c2cccc(C(=O)c3cc(Br)cnc3N)n2)CC1.[HH].[HH]. The first-order valence-corrected chi connectivity index (χ1v) is 10.9. The quantitative estimate of drug-likeness (QED) is 0.658. The summed E-state index contributed by atoms with van der Waals surface area (Å²) < 4.78 is 0.717. The molecule has 29 heavy (non-hydrogen) atoms. The zero-order valence-electron chi connectivity index (χ0n) is 17.5. The van der Waals surface area contributed by atoms with Gasteiger partial charge in [0.1, 0.15) is 17.3 Å². The van der Waals surface area contributed by atoms with E-state index in [1.807, 2.05) is 12.1 Å². The van der Waals surface area contributed by atoms with Crippen LogP contribution in [-0.4, -0.2) is 53.4 Å². The summed E-state index contributed by atoms with van der Waals surface area (Å²) in [6.07, 6.45) is 3.86. The number of ketones is 1. The average Bonchev–Trinajstić information content (AvgIpc) is 2.93. The maximum Gasteiger partial charge on any atom is 0.215 e. The number of aromatic nitrogens is 2. The first-order chi connectivity index (χ1) is 13.7. The minimum Gasteiger partial charge on any atom is -0.383 e. The summed E-state index contributed by atoms with van der Waals surface area (Å²) in [4.78, 5) is 26.4. The summed E-state index contributed by atoms with van der Waals surface area (Å²) in [6, 6.07) is 7.29. The Morgan fingerprint density at radius 1 is 1.24 bits per heavy atom. The number of carbonyl (C=O) groups is 1. The van der Waals surface area contributed by atoms with Gasteiger partial charge in [-0.3, -0.25) is 4.79 Å². The largest absolute Gasteiger partial charge is 0.383 e. The van der Waals surface area contributed by atoms with Gasteiger partial charge in [-0.2, -0.15) is 0 Å². The van der Waals surface area contributed by atoms with Gasteiger partial charge in [-0.25, -0.2) is 9.97 Å². The third-order valence-corrected chi connectivity index (χ3v) is 5.62. The highest BCUT2D eigenvalue weighted by Gasteiger charge is 2.20. The molecule has 6 nitrogen and oxygen atoms in total. The fourth-order valence-electron chi connectivity index (χ4n) is 3.41. The van der Waals surface area contributed by atoms with Crippen molar-refractivity contribution >= 4 is 33.3 Å². The molecular formula is C22H34BrN5O. The van der Waals surface area contributed by atoms with Gasteiger partial charge in [0, 0.05) is 33.2 Å². The van der Waals surface area contributed by atoms with Crippen LogP contribution in [0.3, 0.4) is 0 Å². The topological polar surface area (TPSA) is 75.3 Å². The Bertz CT molecular complexity index is 875. The molecule has 0 atom stereocenters. The molecular weight excluding hydrogens is 430 g/mol. The predicted molar refractivity (Wildman–Crippen MR) is 126 cm³/mol. The summed E-state index contributed by atoms with van der Waals surface area (Å²) in [5.74, 6) is 0.851. The lowest BCUT2D eigenvalue weighted by molar-refractivity contribution is 0.103. The van der Waals surface area contributed by atoms with Crippen molar-refractivity contribution in [2.24, 2.45) is 5.41 Å². The second kappa shape index (κ2) is 9.22. The molecule has 1 aliphatic heterocycles. The molecule has 2 N–H and O–H groups in total. The molecule has 0 amide bonds. The summed E-state index contributed by atoms with van der Waals surface area (Å²) >= 11 is 3.35. The van der Waals surface area contributed by atoms with E-state index in [1.54, 1.807) is 18.3 Å². The van der Waals surface area contributed by atoms with E-state index in [2.05, 4.69) is 56.5 Å². The van der Waals surface area contributed by atoms with Gasteiger partial charge in [-0.15, -0.1) is 0 Å². The Labute approximate surface area is 184 Å². The highest BCUT2D eigenvalue weighted by Crippen LogP contribution is 2.22. The van der Waals surface area contributed by atoms with Crippen molar-refractivity contribution in [1.82, 2.24) is 14.9 Å². The Morgan fingerprint density at radius 2 is 2.03 bits per heavy atom. The molecule has 1 saturated heterocycles. The van der Waals surface area contributed by atoms with Crippen molar-refractivity contribution < 1.29 is 7.65 Å². The van der Waals surface area contributed by atoms with Crippen LogP contribution >= 0.6 is 15.9 Å². The van der Waals surface area contributed by atoms with E-state index in [1.165, 1.54) is 6.42 Å². The van der Waals surface area contributed by atoms with Crippen molar-refractivity contribution in [3.05, 3.63) is 46.2 Å². The number of carbonyl (C=O) groups excluding carboxylic acids is 1. The van der Waals surface area contributed by atoms with Gasteiger partial charge in [-0.05, 0) is 65.5 Å². The third-order valence-electron chi connectivity index (χ3n) is 5.19. The summed E-state index contributed by atoms with van der Waals surface area (Å²) in [6.45, 7) is 12.0. The number of hydrogen-bond donors (Lipinski definition) is 1. The molecule has 1 fully saturated rings. The maximum atomic E-state index is 12.9. The zero-order valence-corrected chi connectivity index (χ0v) is 19.1. The highest BCUT2D eigenvalue weighted by atomic mass is 79.9. The van der Waals surface area contributed by atoms with E-state index >= 15 is 0 Å². The van der Waals surface area contributed by atoms with Crippen molar-refractivity contribution in [1.29, 1.82) is 0 Å². The van der Waals surface area contributed by atoms with E-state index < -0.39 is 0 Å². The van der Waals surface area contributed by atoms with Gasteiger partial charge in [0.25, 0.3) is 0 Å². The van der Waals surface area contributed by atoms with Crippen LogP contribution in [0.4, 0.5) is 11.6 Å². The maximum absolute atomic E-state index is 12.9. The second-order valence-corrected chi connectivity index (χ2v) is 9.71. The molecule has 7 heteroatoms. The number of nitrogens with zero attached hydrogens (tertiary/aromatic N) is 4. The normalized spacial score (nSPS) is 15.9. The molecule has 160 valence electrons. The number of hydrogen-bond acceptors (Lipinski definition) is 6. The van der Waals surface area contributed by atoms with Gasteiger partial charge < -0.3 is 15.5 Å². The van der Waals surface area contributed by atoms with E-state index in [0.717, 1.165) is 45.0 Å². The molecule has 0 aromatic carbocycles. The molecule has 0 bridgehead atoms. The van der Waals surface area contributed by atoms with Gasteiger partial charge in [-0.1, -0.05) is 26.8 Å². The number of rotatable bonds is 5. The lowest BCUT2D eigenvalue weighted by Crippen LogP contribution is -2.33. The molecule has 0 unspecified atom stereocenters. The fraction of sp³-hybridized carbons (Fsp3) is 0.500. The number of nitrogen functional groups attached to an aromatic ring is 1. The lowest BCUT2D eigenvalue weighted by atomic mass is 9.92. The van der Waals surface area contributed by atoms with Crippen LogP contribution < -0.4 is 10.6 Å². The number of pyridine rings is 2. The Kier molecular flexibility index (Phi) is 6.90. The molecule has 2 aromatic heterocycles. The van der Waals surface area contributed by atoms with Crippen molar-refractivity contribution in [3.63, 3.8) is 0 Å². The first-order valence-electron chi connectivity index (χ1n) is 10.1. The molecule has 1 aliphatic rings. The van der Waals surface area contributed by atoms with Gasteiger partial charge in [0.15, 0.2) is 0 Å². The number of nitrogens with two attached hydrogens (primary N) is 1. The number of halogens is 1. The van der Waals surface area contributed by atoms with E-state index in [9.17, 15) is 4.79 Å². The monoisotopic (exact) mass is 463 g/mol. The third kappa shape index (κ3) is 6.00.